The number of aldehydes is 1. The molecule has 0 fully saturated rings. The van der Waals surface area contributed by atoms with Crippen molar-refractivity contribution >= 4 is 17.2 Å². The molecule has 0 aliphatic carbocycles. The van der Waals surface area contributed by atoms with Crippen LogP contribution in [0.15, 0.2) is 67.0 Å². The molecule has 2 aromatic heterocycles. The maximum atomic E-state index is 10.7. The number of carbonyl (C=O) groups excluding carboxylic acids is 1. The lowest BCUT2D eigenvalue weighted by atomic mass is 10.1. The van der Waals surface area contributed by atoms with Crippen molar-refractivity contribution in [1.29, 1.82) is 0 Å². The van der Waals surface area contributed by atoms with Crippen molar-refractivity contribution in [2.75, 3.05) is 0 Å². The minimum Gasteiger partial charge on any atom is -0.489 e. The molecular weight excluding hydrogens is 362 g/mol. The standard InChI is InChI=1S/C24H25N3O2/c1-18(7-5-6-14-28)27-23-11-10-21(29-17-19-8-3-2-4-9-19)15-22(23)24(26-27)20-12-13-25-16-20/h2-4,8-16,18,25H,5-7,17H2,1H3. The highest BCUT2D eigenvalue weighted by Crippen LogP contribution is 2.33. The fourth-order valence-corrected chi connectivity index (χ4v) is 3.59. The first-order valence-electron chi connectivity index (χ1n) is 10.0. The Morgan fingerprint density at radius 3 is 2.79 bits per heavy atom. The molecule has 5 nitrogen and oxygen atoms in total. The molecule has 2 heterocycles. The third kappa shape index (κ3) is 4.24. The second-order valence-corrected chi connectivity index (χ2v) is 7.29. The van der Waals surface area contributed by atoms with Crippen molar-refractivity contribution in [3.8, 4) is 17.0 Å². The van der Waals surface area contributed by atoms with E-state index in [0.717, 1.165) is 52.6 Å². The van der Waals surface area contributed by atoms with Gasteiger partial charge in [0.2, 0.25) is 0 Å². The molecule has 148 valence electrons. The lowest BCUT2D eigenvalue weighted by molar-refractivity contribution is -0.107. The third-order valence-electron chi connectivity index (χ3n) is 5.16. The van der Waals surface area contributed by atoms with Crippen LogP contribution < -0.4 is 4.74 Å². The molecule has 5 heteroatoms. The molecule has 0 radical (unpaired) electrons. The molecule has 0 amide bonds. The van der Waals surface area contributed by atoms with Gasteiger partial charge in [-0.3, -0.25) is 4.68 Å². The van der Waals surface area contributed by atoms with Crippen molar-refractivity contribution in [3.05, 3.63) is 72.6 Å². The van der Waals surface area contributed by atoms with Gasteiger partial charge in [-0.05, 0) is 49.6 Å². The Morgan fingerprint density at radius 1 is 1.17 bits per heavy atom. The van der Waals surface area contributed by atoms with Crippen molar-refractivity contribution in [1.82, 2.24) is 14.8 Å². The smallest absolute Gasteiger partial charge is 0.120 e. The number of H-pyrrole nitrogens is 1. The number of rotatable bonds is 9. The Kier molecular flexibility index (Phi) is 5.75. The number of unbranched alkanes of at least 4 members (excludes halogenated alkanes) is 1. The number of nitrogens with zero attached hydrogens (tertiary/aromatic N) is 2. The number of aromatic amines is 1. The summed E-state index contributed by atoms with van der Waals surface area (Å²) in [5.41, 5.74) is 4.20. The number of fused-ring (bicyclic) bond motifs is 1. The van der Waals surface area contributed by atoms with E-state index in [2.05, 4.69) is 40.9 Å². The van der Waals surface area contributed by atoms with Crippen LogP contribution in [0, 0.1) is 0 Å². The zero-order chi connectivity index (χ0) is 20.1. The lowest BCUT2D eigenvalue weighted by Crippen LogP contribution is -2.07. The number of hydrogen-bond acceptors (Lipinski definition) is 3. The topological polar surface area (TPSA) is 59.9 Å². The molecule has 0 aliphatic heterocycles. The van der Waals surface area contributed by atoms with Gasteiger partial charge in [-0.2, -0.15) is 5.10 Å². The number of ether oxygens (including phenoxy) is 1. The highest BCUT2D eigenvalue weighted by Gasteiger charge is 2.17. The Hall–Kier alpha value is -3.34. The Bertz CT molecular complexity index is 1070. The van der Waals surface area contributed by atoms with Gasteiger partial charge in [0.1, 0.15) is 24.3 Å². The van der Waals surface area contributed by atoms with Gasteiger partial charge in [0, 0.05) is 35.8 Å². The maximum Gasteiger partial charge on any atom is 0.120 e. The lowest BCUT2D eigenvalue weighted by Gasteiger charge is -2.13. The van der Waals surface area contributed by atoms with Crippen LogP contribution >= 0.6 is 0 Å². The van der Waals surface area contributed by atoms with Gasteiger partial charge in [0.25, 0.3) is 0 Å². The molecule has 0 bridgehead atoms. The predicted octanol–water partition coefficient (Wildman–Crippen LogP) is 5.54. The Labute approximate surface area is 170 Å². The van der Waals surface area contributed by atoms with Gasteiger partial charge in [-0.1, -0.05) is 30.3 Å². The van der Waals surface area contributed by atoms with Crippen molar-refractivity contribution < 1.29 is 9.53 Å². The minimum absolute atomic E-state index is 0.209. The van der Waals surface area contributed by atoms with Gasteiger partial charge in [0.15, 0.2) is 0 Å². The summed E-state index contributed by atoms with van der Waals surface area (Å²) in [5.74, 6) is 0.825. The number of benzene rings is 2. The number of hydrogen-bond donors (Lipinski definition) is 1. The van der Waals surface area contributed by atoms with Crippen LogP contribution in [-0.4, -0.2) is 21.1 Å². The first kappa shape index (κ1) is 19.0. The van der Waals surface area contributed by atoms with Crippen molar-refractivity contribution in [3.63, 3.8) is 0 Å². The number of carbonyl (C=O) groups is 1. The molecule has 0 aliphatic rings. The van der Waals surface area contributed by atoms with Gasteiger partial charge >= 0.3 is 0 Å². The van der Waals surface area contributed by atoms with E-state index in [1.54, 1.807) is 0 Å². The SMILES string of the molecule is CC(CCCC=O)n1nc(-c2cc[nH]c2)c2cc(OCc3ccccc3)ccc21. The van der Waals surface area contributed by atoms with Crippen LogP contribution in [0.1, 0.15) is 37.8 Å². The average Bonchev–Trinajstić information content (AvgIpc) is 3.40. The summed E-state index contributed by atoms with van der Waals surface area (Å²) in [4.78, 5) is 13.8. The maximum absolute atomic E-state index is 10.7. The summed E-state index contributed by atoms with van der Waals surface area (Å²) < 4.78 is 8.11. The molecule has 4 aromatic rings. The average molecular weight is 387 g/mol. The van der Waals surface area contributed by atoms with Gasteiger partial charge in [0.05, 0.1) is 5.52 Å². The molecule has 4 rings (SSSR count). The molecule has 1 unspecified atom stereocenters. The summed E-state index contributed by atoms with van der Waals surface area (Å²) in [7, 11) is 0. The van der Waals surface area contributed by atoms with Gasteiger partial charge < -0.3 is 14.5 Å². The monoisotopic (exact) mass is 387 g/mol. The molecule has 1 atom stereocenters. The molecule has 0 saturated carbocycles. The number of nitrogens with one attached hydrogen (secondary N) is 1. The van der Waals surface area contributed by atoms with Crippen LogP contribution in [0.4, 0.5) is 0 Å². The first-order chi connectivity index (χ1) is 14.3. The normalized spacial score (nSPS) is 12.2. The van der Waals surface area contributed by atoms with Crippen molar-refractivity contribution in [2.45, 2.75) is 38.8 Å². The molecule has 0 saturated heterocycles. The van der Waals surface area contributed by atoms with E-state index >= 15 is 0 Å². The fraction of sp³-hybridized carbons (Fsp3) is 0.250. The van der Waals surface area contributed by atoms with E-state index in [4.69, 9.17) is 9.84 Å². The van der Waals surface area contributed by atoms with E-state index in [1.807, 2.05) is 42.7 Å². The van der Waals surface area contributed by atoms with E-state index in [9.17, 15) is 4.79 Å². The van der Waals surface area contributed by atoms with Gasteiger partial charge in [-0.15, -0.1) is 0 Å². The van der Waals surface area contributed by atoms with E-state index in [1.165, 1.54) is 0 Å². The highest BCUT2D eigenvalue weighted by molar-refractivity contribution is 5.94. The highest BCUT2D eigenvalue weighted by atomic mass is 16.5. The van der Waals surface area contributed by atoms with Crippen molar-refractivity contribution in [2.24, 2.45) is 0 Å². The van der Waals surface area contributed by atoms with Crippen LogP contribution in [0.25, 0.3) is 22.2 Å². The largest absolute Gasteiger partial charge is 0.489 e. The van der Waals surface area contributed by atoms with Crippen LogP contribution in [0.5, 0.6) is 5.75 Å². The Morgan fingerprint density at radius 2 is 2.03 bits per heavy atom. The summed E-state index contributed by atoms with van der Waals surface area (Å²) in [6.07, 6.45) is 7.21. The quantitative estimate of drug-likeness (QED) is 0.303. The zero-order valence-electron chi connectivity index (χ0n) is 16.5. The summed E-state index contributed by atoms with van der Waals surface area (Å²) >= 11 is 0. The predicted molar refractivity (Wildman–Crippen MR) is 115 cm³/mol. The summed E-state index contributed by atoms with van der Waals surface area (Å²) in [6.45, 7) is 2.68. The van der Waals surface area contributed by atoms with E-state index in [-0.39, 0.29) is 6.04 Å². The van der Waals surface area contributed by atoms with Gasteiger partial charge in [-0.25, -0.2) is 0 Å². The third-order valence-corrected chi connectivity index (χ3v) is 5.16. The number of aromatic nitrogens is 3. The molecule has 0 spiro atoms. The molecule has 2 aromatic carbocycles. The second-order valence-electron chi connectivity index (χ2n) is 7.29. The van der Waals surface area contributed by atoms with Crippen LogP contribution in [-0.2, 0) is 11.4 Å². The zero-order valence-corrected chi connectivity index (χ0v) is 16.5. The first-order valence-corrected chi connectivity index (χ1v) is 10.0. The molecule has 1 N–H and O–H groups in total. The van der Waals surface area contributed by atoms with Crippen LogP contribution in [0.3, 0.4) is 0 Å². The molecule has 29 heavy (non-hydrogen) atoms. The summed E-state index contributed by atoms with van der Waals surface area (Å²) in [6, 6.07) is 18.5. The molecular formula is C24H25N3O2. The Balaban J connectivity index is 1.66. The van der Waals surface area contributed by atoms with Crippen LogP contribution in [0.2, 0.25) is 0 Å². The summed E-state index contributed by atoms with van der Waals surface area (Å²) in [5, 5.41) is 5.99. The fourth-order valence-electron chi connectivity index (χ4n) is 3.59. The van der Waals surface area contributed by atoms with E-state index in [0.29, 0.717) is 13.0 Å². The second kappa shape index (κ2) is 8.78. The minimum atomic E-state index is 0.209. The van der Waals surface area contributed by atoms with E-state index < -0.39 is 0 Å².